The second kappa shape index (κ2) is 6.45. The van der Waals surface area contributed by atoms with Crippen molar-refractivity contribution in [2.24, 2.45) is 0 Å². The quantitative estimate of drug-likeness (QED) is 0.922. The van der Waals surface area contributed by atoms with Crippen LogP contribution in [-0.4, -0.2) is 37.4 Å². The minimum atomic E-state index is -4.63. The maximum Gasteiger partial charge on any atom is 0.573 e. The van der Waals surface area contributed by atoms with Gasteiger partial charge in [-0.2, -0.15) is 0 Å². The summed E-state index contributed by atoms with van der Waals surface area (Å²) in [5.41, 5.74) is 1.00. The fraction of sp³-hybridized carbons (Fsp3) is 0.571. The van der Waals surface area contributed by atoms with Crippen LogP contribution in [-0.2, 0) is 6.54 Å². The summed E-state index contributed by atoms with van der Waals surface area (Å²) in [6.45, 7) is 2.78. The monoisotopic (exact) mass is 288 g/mol. The average molecular weight is 288 g/mol. The second-order valence-electron chi connectivity index (χ2n) is 5.03. The molecule has 0 saturated carbocycles. The molecule has 0 spiro atoms. The molecule has 2 rings (SSSR count). The van der Waals surface area contributed by atoms with Crippen molar-refractivity contribution in [2.45, 2.75) is 31.8 Å². The zero-order chi connectivity index (χ0) is 14.6. The van der Waals surface area contributed by atoms with Gasteiger partial charge in [0.05, 0.1) is 0 Å². The third-order valence-electron chi connectivity index (χ3n) is 3.56. The van der Waals surface area contributed by atoms with Crippen molar-refractivity contribution in [1.82, 2.24) is 10.2 Å². The fourth-order valence-electron chi connectivity index (χ4n) is 2.43. The minimum Gasteiger partial charge on any atom is -0.406 e. The first-order valence-electron chi connectivity index (χ1n) is 6.70. The molecule has 0 aliphatic carbocycles. The summed E-state index contributed by atoms with van der Waals surface area (Å²) in [5.74, 6) is -0.171. The van der Waals surface area contributed by atoms with Crippen LogP contribution in [0.1, 0.15) is 18.4 Å². The van der Waals surface area contributed by atoms with Crippen LogP contribution in [0.25, 0.3) is 0 Å². The average Bonchev–Trinajstić information content (AvgIpc) is 2.40. The van der Waals surface area contributed by atoms with Crippen molar-refractivity contribution in [3.05, 3.63) is 29.8 Å². The van der Waals surface area contributed by atoms with Crippen LogP contribution in [0, 0.1) is 0 Å². The highest BCUT2D eigenvalue weighted by Crippen LogP contribution is 2.23. The molecule has 1 aliphatic heterocycles. The smallest absolute Gasteiger partial charge is 0.406 e. The molecule has 6 heteroatoms. The lowest BCUT2D eigenvalue weighted by molar-refractivity contribution is -0.274. The summed E-state index contributed by atoms with van der Waals surface area (Å²) in [5, 5.41) is 3.27. The summed E-state index contributed by atoms with van der Waals surface area (Å²) in [7, 11) is 1.97. The Bertz CT molecular complexity index is 411. The maximum atomic E-state index is 12.0. The molecule has 0 amide bonds. The van der Waals surface area contributed by atoms with Crippen LogP contribution in [0.2, 0.25) is 0 Å². The van der Waals surface area contributed by atoms with Gasteiger partial charge < -0.3 is 10.1 Å². The van der Waals surface area contributed by atoms with Gasteiger partial charge in [0.15, 0.2) is 0 Å². The van der Waals surface area contributed by atoms with Gasteiger partial charge >= 0.3 is 6.36 Å². The molecule has 1 heterocycles. The van der Waals surface area contributed by atoms with Gasteiger partial charge in [-0.1, -0.05) is 12.1 Å². The van der Waals surface area contributed by atoms with Crippen LogP contribution < -0.4 is 10.1 Å². The summed E-state index contributed by atoms with van der Waals surface area (Å²) in [4.78, 5) is 2.31. The summed E-state index contributed by atoms with van der Waals surface area (Å²) >= 11 is 0. The first kappa shape index (κ1) is 15.1. The lowest BCUT2D eigenvalue weighted by Crippen LogP contribution is -2.40. The Kier molecular flexibility index (Phi) is 4.88. The number of hydrogen-bond acceptors (Lipinski definition) is 3. The van der Waals surface area contributed by atoms with Crippen LogP contribution in [0.4, 0.5) is 13.2 Å². The normalized spacial score (nSPS) is 18.2. The molecule has 3 nitrogen and oxygen atoms in total. The van der Waals surface area contributed by atoms with Gasteiger partial charge in [-0.25, -0.2) is 0 Å². The Balaban J connectivity index is 1.85. The second-order valence-corrected chi connectivity index (χ2v) is 5.03. The lowest BCUT2D eigenvalue weighted by Gasteiger charge is -2.31. The molecule has 112 valence electrons. The Morgan fingerprint density at radius 3 is 2.30 bits per heavy atom. The van der Waals surface area contributed by atoms with Crippen LogP contribution in [0.3, 0.4) is 0 Å². The van der Waals surface area contributed by atoms with Crippen LogP contribution >= 0.6 is 0 Å². The highest BCUT2D eigenvalue weighted by Gasteiger charge is 2.31. The molecule has 0 unspecified atom stereocenters. The fourth-order valence-corrected chi connectivity index (χ4v) is 2.43. The van der Waals surface area contributed by atoms with Crippen LogP contribution in [0.15, 0.2) is 24.3 Å². The number of alkyl halides is 3. The lowest BCUT2D eigenvalue weighted by atomic mass is 10.0. The number of halogens is 3. The first-order chi connectivity index (χ1) is 9.46. The number of nitrogens with zero attached hydrogens (tertiary/aromatic N) is 1. The van der Waals surface area contributed by atoms with E-state index in [4.69, 9.17) is 0 Å². The number of likely N-dealkylation sites (tertiary alicyclic amines) is 1. The van der Waals surface area contributed by atoms with Crippen molar-refractivity contribution in [2.75, 3.05) is 20.1 Å². The number of nitrogens with one attached hydrogen (secondary N) is 1. The van der Waals surface area contributed by atoms with E-state index in [1.165, 1.54) is 12.1 Å². The Morgan fingerprint density at radius 1 is 1.20 bits per heavy atom. The van der Waals surface area contributed by atoms with Gasteiger partial charge in [0.2, 0.25) is 0 Å². The van der Waals surface area contributed by atoms with Gasteiger partial charge in [-0.15, -0.1) is 13.2 Å². The number of piperidine rings is 1. The standard InChI is InChI=1S/C14H19F3N2O/c1-18-12-6-8-19(9-7-12)10-11-2-4-13(5-3-11)20-14(15,16)17/h2-5,12,18H,6-10H2,1H3. The summed E-state index contributed by atoms with van der Waals surface area (Å²) in [6, 6.07) is 6.68. The molecular weight excluding hydrogens is 269 g/mol. The summed E-state index contributed by atoms with van der Waals surface area (Å²) in [6.07, 6.45) is -2.42. The van der Waals surface area contributed by atoms with E-state index >= 15 is 0 Å². The van der Waals surface area contributed by atoms with Gasteiger partial charge in [-0.05, 0) is 50.7 Å². The van der Waals surface area contributed by atoms with Crippen molar-refractivity contribution in [3.8, 4) is 5.75 Å². The molecule has 1 saturated heterocycles. The Hall–Kier alpha value is -1.27. The van der Waals surface area contributed by atoms with E-state index < -0.39 is 6.36 Å². The van der Waals surface area contributed by atoms with Crippen molar-refractivity contribution in [1.29, 1.82) is 0 Å². The zero-order valence-electron chi connectivity index (χ0n) is 11.4. The van der Waals surface area contributed by atoms with Crippen molar-refractivity contribution in [3.63, 3.8) is 0 Å². The molecule has 0 bridgehead atoms. The minimum absolute atomic E-state index is 0.171. The molecule has 1 aromatic rings. The first-order valence-corrected chi connectivity index (χ1v) is 6.70. The van der Waals surface area contributed by atoms with Gasteiger partial charge in [-0.3, -0.25) is 4.90 Å². The van der Waals surface area contributed by atoms with E-state index in [2.05, 4.69) is 15.0 Å². The number of rotatable bonds is 4. The molecule has 0 atom stereocenters. The Labute approximate surface area is 116 Å². The SMILES string of the molecule is CNC1CCN(Cc2ccc(OC(F)(F)F)cc2)CC1. The highest BCUT2D eigenvalue weighted by atomic mass is 19.4. The predicted octanol–water partition coefficient (Wildman–Crippen LogP) is 2.77. The molecular formula is C14H19F3N2O. The molecule has 1 aliphatic rings. The third kappa shape index (κ3) is 4.68. The largest absolute Gasteiger partial charge is 0.573 e. The molecule has 0 aromatic heterocycles. The molecule has 1 aromatic carbocycles. The van der Waals surface area contributed by atoms with Crippen molar-refractivity contribution < 1.29 is 17.9 Å². The maximum absolute atomic E-state index is 12.0. The van der Waals surface area contributed by atoms with E-state index in [-0.39, 0.29) is 5.75 Å². The van der Waals surface area contributed by atoms with E-state index in [1.807, 2.05) is 7.05 Å². The van der Waals surface area contributed by atoms with Gasteiger partial charge in [0, 0.05) is 12.6 Å². The van der Waals surface area contributed by atoms with Gasteiger partial charge in [0.25, 0.3) is 0 Å². The Morgan fingerprint density at radius 2 is 1.80 bits per heavy atom. The van der Waals surface area contributed by atoms with Crippen molar-refractivity contribution >= 4 is 0 Å². The molecule has 1 fully saturated rings. The van der Waals surface area contributed by atoms with Gasteiger partial charge in [0.1, 0.15) is 5.75 Å². The molecule has 20 heavy (non-hydrogen) atoms. The highest BCUT2D eigenvalue weighted by molar-refractivity contribution is 5.27. The molecule has 1 N–H and O–H groups in total. The summed E-state index contributed by atoms with van der Waals surface area (Å²) < 4.78 is 40.0. The number of benzene rings is 1. The van der Waals surface area contributed by atoms with E-state index in [1.54, 1.807) is 12.1 Å². The van der Waals surface area contributed by atoms with Crippen LogP contribution in [0.5, 0.6) is 5.75 Å². The molecule has 0 radical (unpaired) electrons. The predicted molar refractivity (Wildman–Crippen MR) is 70.5 cm³/mol. The topological polar surface area (TPSA) is 24.5 Å². The number of ether oxygens (including phenoxy) is 1. The van der Waals surface area contributed by atoms with E-state index in [0.29, 0.717) is 6.04 Å². The third-order valence-corrected chi connectivity index (χ3v) is 3.56. The zero-order valence-corrected chi connectivity index (χ0v) is 11.4. The van der Waals surface area contributed by atoms with E-state index in [0.717, 1.165) is 38.0 Å². The van der Waals surface area contributed by atoms with E-state index in [9.17, 15) is 13.2 Å². The number of hydrogen-bond donors (Lipinski definition) is 1.